The van der Waals surface area contributed by atoms with Crippen LogP contribution in [0.3, 0.4) is 0 Å². The molecule has 11 heteroatoms. The molecule has 0 unspecified atom stereocenters. The van der Waals surface area contributed by atoms with E-state index in [2.05, 4.69) is 20.1 Å². The van der Waals surface area contributed by atoms with Crippen LogP contribution in [0.1, 0.15) is 81.4 Å². The van der Waals surface area contributed by atoms with Gasteiger partial charge in [-0.2, -0.15) is 8.42 Å². The number of esters is 3. The van der Waals surface area contributed by atoms with Gasteiger partial charge < -0.3 is 17.1 Å². The summed E-state index contributed by atoms with van der Waals surface area (Å²) in [5.41, 5.74) is -1.01. The maximum atomic E-state index is 13.2. The molecule has 1 N–H and O–H groups in total. The van der Waals surface area contributed by atoms with Crippen molar-refractivity contribution in [3.8, 4) is 0 Å². The van der Waals surface area contributed by atoms with Gasteiger partial charge in [-0.15, -0.1) is 0 Å². The van der Waals surface area contributed by atoms with Crippen LogP contribution in [0.25, 0.3) is 0 Å². The van der Waals surface area contributed by atoms with E-state index in [-0.39, 0.29) is 77.3 Å². The van der Waals surface area contributed by atoms with Gasteiger partial charge in [-0.25, -0.2) is 9.59 Å². The number of hydrogen-bond donors (Lipinski definition) is 1. The zero-order valence-electron chi connectivity index (χ0n) is 23.4. The number of ether oxygens (including phenoxy) is 3. The molecule has 0 bridgehead atoms. The molecule has 0 rings (SSSR count). The summed E-state index contributed by atoms with van der Waals surface area (Å²) in [4.78, 5) is 37.2. The molecule has 0 saturated heterocycles. The molecule has 0 radical (unpaired) electrons. The average molecular weight is 547 g/mol. The van der Waals surface area contributed by atoms with E-state index in [1.54, 1.807) is 0 Å². The summed E-state index contributed by atoms with van der Waals surface area (Å²) < 4.78 is 46.3. The van der Waals surface area contributed by atoms with Crippen LogP contribution in [0.5, 0.6) is 0 Å². The van der Waals surface area contributed by atoms with Crippen LogP contribution in [0.4, 0.5) is 0 Å². The Kier molecular flexibility index (Phi) is 19.9. The Morgan fingerprint density at radius 2 is 1.31 bits per heavy atom. The molecule has 0 aliphatic carbocycles. The summed E-state index contributed by atoms with van der Waals surface area (Å²) in [5, 5.41) is 0. The van der Waals surface area contributed by atoms with Crippen molar-refractivity contribution < 1.29 is 44.4 Å². The predicted molar refractivity (Wildman–Crippen MR) is 137 cm³/mol. The average Bonchev–Trinajstić information content (AvgIpc) is 2.75. The van der Waals surface area contributed by atoms with E-state index in [1.165, 1.54) is 13.8 Å². The molecule has 0 amide bonds. The summed E-state index contributed by atoms with van der Waals surface area (Å²) in [6, 6.07) is 0. The second kappa shape index (κ2) is 19.2. The first-order valence-corrected chi connectivity index (χ1v) is 13.2. The minimum atomic E-state index is -3.98. The van der Waals surface area contributed by atoms with E-state index in [4.69, 9.17) is 18.8 Å². The van der Waals surface area contributed by atoms with Crippen LogP contribution in [0.15, 0.2) is 24.3 Å². The van der Waals surface area contributed by atoms with Gasteiger partial charge in [0.2, 0.25) is 0 Å². The molecular weight excluding hydrogens is 504 g/mol. The van der Waals surface area contributed by atoms with Gasteiger partial charge in [0.1, 0.15) is 18.6 Å². The third-order valence-corrected chi connectivity index (χ3v) is 5.93. The van der Waals surface area contributed by atoms with Gasteiger partial charge in [-0.1, -0.05) is 58.6 Å². The molecular formula is C24H42CaO9S. The molecule has 0 fully saturated rings. The monoisotopic (exact) mass is 546 g/mol. The van der Waals surface area contributed by atoms with E-state index < -0.39 is 33.4 Å². The number of rotatable bonds is 19. The molecule has 0 saturated carbocycles. The Morgan fingerprint density at radius 3 is 1.77 bits per heavy atom. The number of carbonyl (C=O) groups is 3. The molecule has 0 aliphatic heterocycles. The quantitative estimate of drug-likeness (QED) is 0.0637. The molecule has 0 aromatic heterocycles. The van der Waals surface area contributed by atoms with Crippen molar-refractivity contribution in [1.29, 1.82) is 0 Å². The molecule has 0 heterocycles. The van der Waals surface area contributed by atoms with Crippen molar-refractivity contribution in [2.75, 3.05) is 25.6 Å². The zero-order chi connectivity index (χ0) is 26.2. The molecule has 0 atom stereocenters. The van der Waals surface area contributed by atoms with Crippen molar-refractivity contribution in [1.82, 2.24) is 0 Å². The van der Waals surface area contributed by atoms with Crippen LogP contribution in [0, 0.1) is 5.41 Å². The second-order valence-corrected chi connectivity index (χ2v) is 10.2. The molecule has 0 aromatic rings. The molecule has 0 spiro atoms. The number of hydrogen-bond acceptors (Lipinski definition) is 8. The zero-order valence-corrected chi connectivity index (χ0v) is 24.5. The third kappa shape index (κ3) is 17.2. The van der Waals surface area contributed by atoms with Crippen molar-refractivity contribution in [3.63, 3.8) is 0 Å². The van der Waals surface area contributed by atoms with Crippen molar-refractivity contribution in [2.24, 2.45) is 5.41 Å². The Bertz CT molecular complexity index is 787. The normalized spacial score (nSPS) is 11.2. The first-order chi connectivity index (χ1) is 15.8. The maximum Gasteiger partial charge on any atom is 2.00 e. The van der Waals surface area contributed by atoms with Crippen LogP contribution < -0.4 is 0 Å². The SMILES string of the molecule is C=C(C)C(=O)OCC(CCCCCC)(COC(=O)C(=C)C)C(=O)OCCCCCCS(=O)(=O)O.[Ca+2].[H-].[H-]. The van der Waals surface area contributed by atoms with E-state index in [9.17, 15) is 22.8 Å². The van der Waals surface area contributed by atoms with Crippen molar-refractivity contribution in [3.05, 3.63) is 24.3 Å². The van der Waals surface area contributed by atoms with Gasteiger partial charge in [0.05, 0.1) is 12.4 Å². The van der Waals surface area contributed by atoms with Crippen LogP contribution in [0.2, 0.25) is 0 Å². The topological polar surface area (TPSA) is 133 Å². The Balaban J connectivity index is -0.00000181. The summed E-state index contributed by atoms with van der Waals surface area (Å²) in [6.07, 6.45) is 5.69. The van der Waals surface area contributed by atoms with E-state index in [0.717, 1.165) is 19.3 Å². The summed E-state index contributed by atoms with van der Waals surface area (Å²) in [7, 11) is -3.98. The third-order valence-electron chi connectivity index (χ3n) is 5.13. The van der Waals surface area contributed by atoms with Gasteiger partial charge in [0.15, 0.2) is 0 Å². The van der Waals surface area contributed by atoms with Crippen LogP contribution in [-0.4, -0.2) is 94.2 Å². The molecule has 0 aliphatic rings. The first kappa shape index (κ1) is 36.2. The van der Waals surface area contributed by atoms with Gasteiger partial charge in [0, 0.05) is 11.1 Å². The second-order valence-electron chi connectivity index (χ2n) is 8.64. The van der Waals surface area contributed by atoms with E-state index in [0.29, 0.717) is 38.5 Å². The Labute approximate surface area is 242 Å². The summed E-state index contributed by atoms with van der Waals surface area (Å²) in [6.45, 7) is 11.6. The maximum absolute atomic E-state index is 13.2. The summed E-state index contributed by atoms with van der Waals surface area (Å²) in [5.74, 6) is -2.26. The Morgan fingerprint density at radius 1 is 0.829 bits per heavy atom. The fraction of sp³-hybridized carbons (Fsp3) is 0.708. The standard InChI is InChI=1S/C24H40O9S.Ca.2H/c1-6-7-8-11-14-24(17-32-21(25)19(2)3,18-33-22(26)20(4)5)23(27)31-15-12-9-10-13-16-34(28,29)30;;;/h2,4,6-18H2,1,3,5H3,(H,28,29,30);;;/q;+2;2*-1. The van der Waals surface area contributed by atoms with Crippen LogP contribution >= 0.6 is 0 Å². The Hall–Kier alpha value is -0.940. The fourth-order valence-electron chi connectivity index (χ4n) is 3.01. The minimum Gasteiger partial charge on any atom is -1.00 e. The van der Waals surface area contributed by atoms with Crippen molar-refractivity contribution >= 4 is 65.8 Å². The predicted octanol–water partition coefficient (Wildman–Crippen LogP) is 4.02. The van der Waals surface area contributed by atoms with Gasteiger partial charge in [0.25, 0.3) is 10.1 Å². The molecule has 9 nitrogen and oxygen atoms in total. The summed E-state index contributed by atoms with van der Waals surface area (Å²) >= 11 is 0. The number of unbranched alkanes of at least 4 members (excludes halogenated alkanes) is 6. The van der Waals surface area contributed by atoms with Gasteiger partial charge in [-0.05, 0) is 33.1 Å². The largest absolute Gasteiger partial charge is 2.00 e. The number of carbonyl (C=O) groups excluding carboxylic acids is 3. The fourth-order valence-corrected chi connectivity index (χ4v) is 3.58. The minimum absolute atomic E-state index is 0. The van der Waals surface area contributed by atoms with E-state index >= 15 is 0 Å². The smallest absolute Gasteiger partial charge is 1.00 e. The first-order valence-electron chi connectivity index (χ1n) is 11.6. The van der Waals surface area contributed by atoms with Gasteiger partial charge in [-0.3, -0.25) is 9.35 Å². The molecule has 200 valence electrons. The van der Waals surface area contributed by atoms with E-state index in [1.807, 2.05) is 0 Å². The molecule has 0 aromatic carbocycles. The van der Waals surface area contributed by atoms with Crippen LogP contribution in [-0.2, 0) is 38.7 Å². The molecule has 35 heavy (non-hydrogen) atoms. The van der Waals surface area contributed by atoms with Gasteiger partial charge >= 0.3 is 55.6 Å². The van der Waals surface area contributed by atoms with Crippen molar-refractivity contribution in [2.45, 2.75) is 78.6 Å².